The first-order valence-electron chi connectivity index (χ1n) is 7.21. The fraction of sp³-hybridized carbons (Fsp3) is 0.533. The number of anilines is 3. The maximum atomic E-state index is 11.5. The molecule has 1 fully saturated rings. The van der Waals surface area contributed by atoms with E-state index >= 15 is 0 Å². The molecule has 2 aliphatic heterocycles. The van der Waals surface area contributed by atoms with Crippen LogP contribution in [0.4, 0.5) is 17.1 Å². The molecule has 3 N–H and O–H groups in total. The average Bonchev–Trinajstić information content (AvgIpc) is 2.67. The fourth-order valence-corrected chi connectivity index (χ4v) is 3.02. The number of carbonyl (C=O) groups is 1. The number of nitrogens with zero attached hydrogens (tertiary/aromatic N) is 1. The summed E-state index contributed by atoms with van der Waals surface area (Å²) >= 11 is 0. The van der Waals surface area contributed by atoms with Crippen molar-refractivity contribution >= 4 is 23.0 Å². The van der Waals surface area contributed by atoms with Crippen LogP contribution in [0.25, 0.3) is 0 Å². The summed E-state index contributed by atoms with van der Waals surface area (Å²) in [7, 11) is 0. The molecule has 0 unspecified atom stereocenters. The molecule has 1 aromatic carbocycles. The lowest BCUT2D eigenvalue weighted by Gasteiger charge is -2.27. The Morgan fingerprint density at radius 3 is 2.53 bits per heavy atom. The first kappa shape index (κ1) is 12.3. The summed E-state index contributed by atoms with van der Waals surface area (Å²) in [5, 5.41) is 2.96. The summed E-state index contributed by atoms with van der Waals surface area (Å²) in [6.45, 7) is 2.13. The minimum absolute atomic E-state index is 0.110. The zero-order chi connectivity index (χ0) is 13.2. The van der Waals surface area contributed by atoms with Gasteiger partial charge in [-0.15, -0.1) is 0 Å². The van der Waals surface area contributed by atoms with Crippen LogP contribution >= 0.6 is 0 Å². The third-order valence-electron chi connectivity index (χ3n) is 4.09. The van der Waals surface area contributed by atoms with Gasteiger partial charge < -0.3 is 16.0 Å². The second-order valence-corrected chi connectivity index (χ2v) is 5.52. The third kappa shape index (κ3) is 2.53. The molecule has 0 aliphatic carbocycles. The van der Waals surface area contributed by atoms with E-state index in [1.807, 2.05) is 6.07 Å². The standard InChI is InChI=1S/C15H21N3O/c16-12-9-11-5-6-15(19)17-13(11)10-14(12)18-7-3-1-2-4-8-18/h9-10H,1-8,16H2,(H,17,19). The van der Waals surface area contributed by atoms with Crippen LogP contribution in [0.2, 0.25) is 0 Å². The van der Waals surface area contributed by atoms with Crippen molar-refractivity contribution in [1.82, 2.24) is 0 Å². The highest BCUT2D eigenvalue weighted by Crippen LogP contribution is 2.34. The molecule has 2 heterocycles. The Balaban J connectivity index is 1.92. The molecule has 2 aliphatic rings. The first-order valence-corrected chi connectivity index (χ1v) is 7.21. The van der Waals surface area contributed by atoms with Gasteiger partial charge in [-0.2, -0.15) is 0 Å². The Hall–Kier alpha value is -1.71. The molecule has 0 bridgehead atoms. The monoisotopic (exact) mass is 259 g/mol. The lowest BCUT2D eigenvalue weighted by atomic mass is 10.0. The van der Waals surface area contributed by atoms with Gasteiger partial charge in [0, 0.05) is 25.2 Å². The number of rotatable bonds is 1. The van der Waals surface area contributed by atoms with E-state index in [1.165, 1.54) is 25.7 Å². The van der Waals surface area contributed by atoms with Crippen molar-refractivity contribution in [2.75, 3.05) is 29.0 Å². The van der Waals surface area contributed by atoms with E-state index < -0.39 is 0 Å². The Morgan fingerprint density at radius 1 is 1.05 bits per heavy atom. The molecule has 0 aromatic heterocycles. The molecule has 0 spiro atoms. The fourth-order valence-electron chi connectivity index (χ4n) is 3.02. The predicted octanol–water partition coefficient (Wildman–Crippen LogP) is 2.53. The average molecular weight is 259 g/mol. The van der Waals surface area contributed by atoms with Crippen LogP contribution in [0, 0.1) is 0 Å². The van der Waals surface area contributed by atoms with Crippen LogP contribution in [0.15, 0.2) is 12.1 Å². The van der Waals surface area contributed by atoms with Gasteiger partial charge in [-0.1, -0.05) is 12.8 Å². The molecular weight excluding hydrogens is 238 g/mol. The van der Waals surface area contributed by atoms with Crippen LogP contribution in [0.1, 0.15) is 37.7 Å². The van der Waals surface area contributed by atoms with Gasteiger partial charge in [-0.3, -0.25) is 4.79 Å². The lowest BCUT2D eigenvalue weighted by molar-refractivity contribution is -0.116. The smallest absolute Gasteiger partial charge is 0.224 e. The van der Waals surface area contributed by atoms with Gasteiger partial charge in [0.15, 0.2) is 0 Å². The van der Waals surface area contributed by atoms with Gasteiger partial charge in [0.05, 0.1) is 11.4 Å². The number of benzene rings is 1. The number of hydrogen-bond donors (Lipinski definition) is 2. The van der Waals surface area contributed by atoms with Crippen LogP contribution in [0.5, 0.6) is 0 Å². The highest BCUT2D eigenvalue weighted by Gasteiger charge is 2.19. The van der Waals surface area contributed by atoms with E-state index in [0.717, 1.165) is 42.1 Å². The van der Waals surface area contributed by atoms with Crippen molar-refractivity contribution in [1.29, 1.82) is 0 Å². The van der Waals surface area contributed by atoms with Gasteiger partial charge >= 0.3 is 0 Å². The maximum absolute atomic E-state index is 11.5. The molecule has 1 saturated heterocycles. The number of nitrogens with one attached hydrogen (secondary N) is 1. The highest BCUT2D eigenvalue weighted by atomic mass is 16.1. The molecule has 3 rings (SSSR count). The Morgan fingerprint density at radius 2 is 1.79 bits per heavy atom. The number of nitrogens with two attached hydrogens (primary N) is 1. The number of amides is 1. The Bertz CT molecular complexity index is 490. The number of nitrogen functional groups attached to an aromatic ring is 1. The second-order valence-electron chi connectivity index (χ2n) is 5.52. The van der Waals surface area contributed by atoms with Gasteiger partial charge in [0.1, 0.15) is 0 Å². The third-order valence-corrected chi connectivity index (χ3v) is 4.09. The quantitative estimate of drug-likeness (QED) is 0.762. The van der Waals surface area contributed by atoms with E-state index in [2.05, 4.69) is 16.3 Å². The second kappa shape index (κ2) is 5.11. The topological polar surface area (TPSA) is 58.4 Å². The maximum Gasteiger partial charge on any atom is 0.224 e. The van der Waals surface area contributed by atoms with E-state index in [-0.39, 0.29) is 5.91 Å². The molecule has 0 radical (unpaired) electrons. The van der Waals surface area contributed by atoms with E-state index in [4.69, 9.17) is 5.73 Å². The number of aryl methyl sites for hydroxylation is 1. The summed E-state index contributed by atoms with van der Waals surface area (Å²) in [4.78, 5) is 13.9. The van der Waals surface area contributed by atoms with E-state index in [0.29, 0.717) is 6.42 Å². The summed E-state index contributed by atoms with van der Waals surface area (Å²) in [5.74, 6) is 0.110. The van der Waals surface area contributed by atoms with E-state index in [9.17, 15) is 4.79 Å². The van der Waals surface area contributed by atoms with Gasteiger partial charge in [0.25, 0.3) is 0 Å². The van der Waals surface area contributed by atoms with Gasteiger partial charge in [-0.25, -0.2) is 0 Å². The van der Waals surface area contributed by atoms with Crippen LogP contribution in [-0.2, 0) is 11.2 Å². The van der Waals surface area contributed by atoms with Crippen LogP contribution in [0.3, 0.4) is 0 Å². The molecule has 19 heavy (non-hydrogen) atoms. The van der Waals surface area contributed by atoms with Crippen molar-refractivity contribution in [3.05, 3.63) is 17.7 Å². The molecule has 102 valence electrons. The summed E-state index contributed by atoms with van der Waals surface area (Å²) < 4.78 is 0. The summed E-state index contributed by atoms with van der Waals surface area (Å²) in [6.07, 6.45) is 6.42. The number of fused-ring (bicyclic) bond motifs is 1. The lowest BCUT2D eigenvalue weighted by Crippen LogP contribution is -2.26. The SMILES string of the molecule is Nc1cc2c(cc1N1CCCCCC1)NC(=O)CC2. The molecular formula is C15H21N3O. The minimum Gasteiger partial charge on any atom is -0.397 e. The first-order chi connectivity index (χ1) is 9.24. The zero-order valence-electron chi connectivity index (χ0n) is 11.2. The molecule has 0 saturated carbocycles. The van der Waals surface area contributed by atoms with Gasteiger partial charge in [-0.05, 0) is 37.0 Å². The number of hydrogen-bond acceptors (Lipinski definition) is 3. The van der Waals surface area contributed by atoms with Crippen LogP contribution < -0.4 is 16.0 Å². The summed E-state index contributed by atoms with van der Waals surface area (Å²) in [6, 6.07) is 4.10. The number of carbonyl (C=O) groups excluding carboxylic acids is 1. The molecule has 4 nitrogen and oxygen atoms in total. The van der Waals surface area contributed by atoms with Crippen LogP contribution in [-0.4, -0.2) is 19.0 Å². The van der Waals surface area contributed by atoms with E-state index in [1.54, 1.807) is 0 Å². The molecule has 1 aromatic rings. The van der Waals surface area contributed by atoms with Crippen molar-refractivity contribution in [3.8, 4) is 0 Å². The molecule has 0 atom stereocenters. The Labute approximate surface area is 114 Å². The molecule has 4 heteroatoms. The van der Waals surface area contributed by atoms with Crippen molar-refractivity contribution in [3.63, 3.8) is 0 Å². The predicted molar refractivity (Wildman–Crippen MR) is 78.5 cm³/mol. The van der Waals surface area contributed by atoms with Crippen molar-refractivity contribution in [2.24, 2.45) is 0 Å². The highest BCUT2D eigenvalue weighted by molar-refractivity contribution is 5.95. The van der Waals surface area contributed by atoms with Gasteiger partial charge in [0.2, 0.25) is 5.91 Å². The summed E-state index contributed by atoms with van der Waals surface area (Å²) in [5.41, 5.74) is 10.2. The Kier molecular flexibility index (Phi) is 3.32. The van der Waals surface area contributed by atoms with Crippen molar-refractivity contribution in [2.45, 2.75) is 38.5 Å². The largest absolute Gasteiger partial charge is 0.397 e. The minimum atomic E-state index is 0.110. The zero-order valence-corrected chi connectivity index (χ0v) is 11.2. The van der Waals surface area contributed by atoms with Crippen molar-refractivity contribution < 1.29 is 4.79 Å². The normalized spacial score (nSPS) is 19.6. The molecule has 1 amide bonds.